The van der Waals surface area contributed by atoms with Crippen LogP contribution in [0, 0.1) is 0 Å². The topological polar surface area (TPSA) is 73.6 Å². The molecule has 112 valence electrons. The molecule has 0 aliphatic heterocycles. The lowest BCUT2D eigenvalue weighted by Gasteiger charge is -2.15. The molecule has 1 rings (SSSR count). The molecule has 0 aliphatic rings. The van der Waals surface area contributed by atoms with Crippen molar-refractivity contribution in [3.8, 4) is 11.5 Å². The maximum Gasteiger partial charge on any atom is 0.255 e. The molecule has 0 heterocycles. The Morgan fingerprint density at radius 1 is 1.35 bits per heavy atom. The first-order chi connectivity index (χ1) is 9.52. The van der Waals surface area contributed by atoms with Crippen molar-refractivity contribution in [3.05, 3.63) is 23.8 Å². The predicted octanol–water partition coefficient (Wildman–Crippen LogP) is 1.84. The maximum atomic E-state index is 10.9. The van der Waals surface area contributed by atoms with Crippen LogP contribution in [-0.2, 0) is 11.3 Å². The van der Waals surface area contributed by atoms with Crippen molar-refractivity contribution < 1.29 is 14.3 Å². The fourth-order valence-corrected chi connectivity index (χ4v) is 1.59. The summed E-state index contributed by atoms with van der Waals surface area (Å²) in [4.78, 5) is 10.9. The fraction of sp³-hybridized carbons (Fsp3) is 0.533. The number of nitrogens with one attached hydrogen (secondary N) is 1. The molecule has 0 saturated carbocycles. The van der Waals surface area contributed by atoms with E-state index in [-0.39, 0.29) is 6.61 Å². The molecule has 0 atom stereocenters. The summed E-state index contributed by atoms with van der Waals surface area (Å²) < 4.78 is 11.0. The summed E-state index contributed by atoms with van der Waals surface area (Å²) in [6.07, 6.45) is 0.939. The van der Waals surface area contributed by atoms with E-state index in [1.165, 1.54) is 0 Å². The van der Waals surface area contributed by atoms with Gasteiger partial charge in [-0.15, -0.1) is 0 Å². The highest BCUT2D eigenvalue weighted by Gasteiger charge is 2.08. The molecule has 5 nitrogen and oxygen atoms in total. The molecular weight excluding hydrogens is 256 g/mol. The minimum absolute atomic E-state index is 0.133. The van der Waals surface area contributed by atoms with Gasteiger partial charge in [0.2, 0.25) is 0 Å². The molecule has 0 unspecified atom stereocenters. The van der Waals surface area contributed by atoms with Crippen LogP contribution in [0.5, 0.6) is 11.5 Å². The summed E-state index contributed by atoms with van der Waals surface area (Å²) in [5.74, 6) is 0.873. The largest absolute Gasteiger partial charge is 0.493 e. The van der Waals surface area contributed by atoms with Crippen LogP contribution < -0.4 is 20.5 Å². The van der Waals surface area contributed by atoms with Gasteiger partial charge < -0.3 is 20.5 Å². The van der Waals surface area contributed by atoms with E-state index in [0.29, 0.717) is 24.9 Å². The number of carbonyl (C=O) groups excluding carboxylic acids is 1. The Balaban J connectivity index is 2.81. The standard InChI is InChI=1S/C15H24N2O3/c1-4-7-19-13-6-5-12(9-17-11(2)3)14(8-13)20-10-15(16)18/h5-6,8,11,17H,4,7,9-10H2,1-3H3,(H2,16,18). The van der Waals surface area contributed by atoms with Gasteiger partial charge in [-0.2, -0.15) is 0 Å². The third-order valence-electron chi connectivity index (χ3n) is 2.58. The van der Waals surface area contributed by atoms with Gasteiger partial charge in [0, 0.05) is 24.2 Å². The second kappa shape index (κ2) is 8.43. The molecule has 1 aromatic carbocycles. The van der Waals surface area contributed by atoms with Gasteiger partial charge in [-0.25, -0.2) is 0 Å². The first-order valence-electron chi connectivity index (χ1n) is 6.93. The number of nitrogens with two attached hydrogens (primary N) is 1. The van der Waals surface area contributed by atoms with E-state index in [1.54, 1.807) is 6.07 Å². The van der Waals surface area contributed by atoms with Gasteiger partial charge in [-0.05, 0) is 12.5 Å². The van der Waals surface area contributed by atoms with Crippen LogP contribution in [-0.4, -0.2) is 25.2 Å². The zero-order chi connectivity index (χ0) is 15.0. The van der Waals surface area contributed by atoms with E-state index >= 15 is 0 Å². The first-order valence-corrected chi connectivity index (χ1v) is 6.93. The van der Waals surface area contributed by atoms with E-state index in [1.807, 2.05) is 19.1 Å². The van der Waals surface area contributed by atoms with Crippen molar-refractivity contribution in [2.75, 3.05) is 13.2 Å². The van der Waals surface area contributed by atoms with Crippen molar-refractivity contribution >= 4 is 5.91 Å². The van der Waals surface area contributed by atoms with Crippen molar-refractivity contribution in [3.63, 3.8) is 0 Å². The number of benzene rings is 1. The molecule has 0 bridgehead atoms. The average molecular weight is 280 g/mol. The fourth-order valence-electron chi connectivity index (χ4n) is 1.59. The lowest BCUT2D eigenvalue weighted by Crippen LogP contribution is -2.23. The normalized spacial score (nSPS) is 10.6. The van der Waals surface area contributed by atoms with Crippen molar-refractivity contribution in [2.45, 2.75) is 39.8 Å². The molecule has 20 heavy (non-hydrogen) atoms. The Labute approximate surface area is 120 Å². The Hall–Kier alpha value is -1.75. The number of ether oxygens (including phenoxy) is 2. The monoisotopic (exact) mass is 280 g/mol. The van der Waals surface area contributed by atoms with Gasteiger partial charge in [0.25, 0.3) is 5.91 Å². The summed E-state index contributed by atoms with van der Waals surface area (Å²) in [5, 5.41) is 3.32. The Morgan fingerprint density at radius 3 is 2.70 bits per heavy atom. The molecule has 0 radical (unpaired) electrons. The van der Waals surface area contributed by atoms with Crippen LogP contribution in [0.15, 0.2) is 18.2 Å². The quantitative estimate of drug-likeness (QED) is 0.724. The number of primary amides is 1. The van der Waals surface area contributed by atoms with Gasteiger partial charge in [0.15, 0.2) is 6.61 Å². The molecule has 0 saturated heterocycles. The van der Waals surface area contributed by atoms with Gasteiger partial charge in [0.1, 0.15) is 11.5 Å². The summed E-state index contributed by atoms with van der Waals surface area (Å²) in [7, 11) is 0. The van der Waals surface area contributed by atoms with Crippen LogP contribution in [0.25, 0.3) is 0 Å². The van der Waals surface area contributed by atoms with Gasteiger partial charge in [-0.3, -0.25) is 4.79 Å². The summed E-state index contributed by atoms with van der Waals surface area (Å²) in [5.41, 5.74) is 6.10. The molecule has 0 aromatic heterocycles. The van der Waals surface area contributed by atoms with E-state index in [9.17, 15) is 4.79 Å². The smallest absolute Gasteiger partial charge is 0.255 e. The molecule has 0 fully saturated rings. The minimum atomic E-state index is -0.493. The molecule has 0 spiro atoms. The highest BCUT2D eigenvalue weighted by Crippen LogP contribution is 2.25. The summed E-state index contributed by atoms with van der Waals surface area (Å²) in [6, 6.07) is 6.02. The molecular formula is C15H24N2O3. The SMILES string of the molecule is CCCOc1ccc(CNC(C)C)c(OCC(N)=O)c1. The lowest BCUT2D eigenvalue weighted by molar-refractivity contribution is -0.119. The molecule has 0 aliphatic carbocycles. The zero-order valence-electron chi connectivity index (χ0n) is 12.4. The molecule has 3 N–H and O–H groups in total. The average Bonchev–Trinajstić information content (AvgIpc) is 2.41. The predicted molar refractivity (Wildman–Crippen MR) is 78.9 cm³/mol. The van der Waals surface area contributed by atoms with Gasteiger partial charge in [0.05, 0.1) is 6.61 Å². The highest BCUT2D eigenvalue weighted by molar-refractivity contribution is 5.75. The minimum Gasteiger partial charge on any atom is -0.493 e. The van der Waals surface area contributed by atoms with E-state index < -0.39 is 5.91 Å². The van der Waals surface area contributed by atoms with E-state index in [0.717, 1.165) is 17.7 Å². The second-order valence-corrected chi connectivity index (χ2v) is 4.91. The lowest BCUT2D eigenvalue weighted by atomic mass is 10.2. The number of hydrogen-bond acceptors (Lipinski definition) is 4. The van der Waals surface area contributed by atoms with Gasteiger partial charge in [-0.1, -0.05) is 26.8 Å². The second-order valence-electron chi connectivity index (χ2n) is 4.91. The third-order valence-corrected chi connectivity index (χ3v) is 2.58. The Bertz CT molecular complexity index is 433. The zero-order valence-corrected chi connectivity index (χ0v) is 12.4. The van der Waals surface area contributed by atoms with Crippen LogP contribution in [0.2, 0.25) is 0 Å². The highest BCUT2D eigenvalue weighted by atomic mass is 16.5. The van der Waals surface area contributed by atoms with Crippen molar-refractivity contribution in [2.24, 2.45) is 5.73 Å². The van der Waals surface area contributed by atoms with E-state index in [2.05, 4.69) is 19.2 Å². The summed E-state index contributed by atoms with van der Waals surface area (Å²) >= 11 is 0. The van der Waals surface area contributed by atoms with E-state index in [4.69, 9.17) is 15.2 Å². The van der Waals surface area contributed by atoms with Crippen LogP contribution >= 0.6 is 0 Å². The summed E-state index contributed by atoms with van der Waals surface area (Å²) in [6.45, 7) is 7.38. The number of amides is 1. The van der Waals surface area contributed by atoms with Crippen molar-refractivity contribution in [1.29, 1.82) is 0 Å². The number of rotatable bonds is 9. The molecule has 1 aromatic rings. The molecule has 5 heteroatoms. The van der Waals surface area contributed by atoms with Crippen LogP contribution in [0.1, 0.15) is 32.8 Å². The van der Waals surface area contributed by atoms with Crippen molar-refractivity contribution in [1.82, 2.24) is 5.32 Å². The molecule has 1 amide bonds. The first kappa shape index (κ1) is 16.3. The van der Waals surface area contributed by atoms with Crippen LogP contribution in [0.3, 0.4) is 0 Å². The van der Waals surface area contributed by atoms with Crippen LogP contribution in [0.4, 0.5) is 0 Å². The maximum absolute atomic E-state index is 10.9. The van der Waals surface area contributed by atoms with Gasteiger partial charge >= 0.3 is 0 Å². The Kier molecular flexibility index (Phi) is 6.87. The Morgan fingerprint density at radius 2 is 2.10 bits per heavy atom. The third kappa shape index (κ3) is 5.93. The number of hydrogen-bond donors (Lipinski definition) is 2. The number of carbonyl (C=O) groups is 1.